The molecule has 1 N–H and O–H groups in total. The Morgan fingerprint density at radius 2 is 1.75 bits per heavy atom. The molecular formula is C16H31N5O3. The molecule has 138 valence electrons. The molecular weight excluding hydrogens is 310 g/mol. The molecule has 0 spiro atoms. The van der Waals surface area contributed by atoms with E-state index in [4.69, 9.17) is 4.74 Å². The van der Waals surface area contributed by atoms with E-state index in [1.54, 1.807) is 25.9 Å². The molecule has 1 aliphatic heterocycles. The van der Waals surface area contributed by atoms with Gasteiger partial charge in [-0.05, 0) is 13.3 Å². The van der Waals surface area contributed by atoms with Crippen molar-refractivity contribution in [1.82, 2.24) is 20.0 Å². The monoisotopic (exact) mass is 341 g/mol. The molecule has 0 unspecified atom stereocenters. The molecule has 0 aromatic heterocycles. The van der Waals surface area contributed by atoms with E-state index in [2.05, 4.69) is 22.1 Å². The van der Waals surface area contributed by atoms with Crippen molar-refractivity contribution >= 4 is 18.0 Å². The zero-order valence-electron chi connectivity index (χ0n) is 15.4. The Balaban J connectivity index is 2.62. The number of aliphatic imine (C=N–C) groups is 1. The SMILES string of the molecule is CCCCNC(=NCC(=O)N(C)C)N1CCN(C(=O)OCC)CC1. The standard InChI is InChI=1S/C16H31N5O3/c1-5-7-8-17-15(18-13-14(22)19(3)4)20-9-11-21(12-10-20)16(23)24-6-2/h5-13H2,1-4H3,(H,17,18). The second-order valence-electron chi connectivity index (χ2n) is 5.88. The number of carbonyl (C=O) groups excluding carboxylic acids is 2. The highest BCUT2D eigenvalue weighted by molar-refractivity contribution is 5.85. The van der Waals surface area contributed by atoms with Gasteiger partial charge in [-0.1, -0.05) is 13.3 Å². The fraction of sp³-hybridized carbons (Fsp3) is 0.812. The van der Waals surface area contributed by atoms with Gasteiger partial charge in [-0.3, -0.25) is 4.79 Å². The number of piperazine rings is 1. The molecule has 0 saturated carbocycles. The van der Waals surface area contributed by atoms with Crippen LogP contribution in [0.3, 0.4) is 0 Å². The molecule has 1 rings (SSSR count). The van der Waals surface area contributed by atoms with Crippen molar-refractivity contribution in [3.05, 3.63) is 0 Å². The van der Waals surface area contributed by atoms with Gasteiger partial charge in [-0.25, -0.2) is 9.79 Å². The first-order chi connectivity index (χ1) is 11.5. The summed E-state index contributed by atoms with van der Waals surface area (Å²) in [5.41, 5.74) is 0. The summed E-state index contributed by atoms with van der Waals surface area (Å²) in [6.07, 6.45) is 1.87. The van der Waals surface area contributed by atoms with Crippen LogP contribution in [0.5, 0.6) is 0 Å². The van der Waals surface area contributed by atoms with Crippen LogP contribution in [-0.2, 0) is 9.53 Å². The Morgan fingerprint density at radius 3 is 2.29 bits per heavy atom. The Hall–Kier alpha value is -1.99. The molecule has 0 bridgehead atoms. The number of nitrogens with zero attached hydrogens (tertiary/aromatic N) is 4. The third kappa shape index (κ3) is 6.64. The van der Waals surface area contributed by atoms with Crippen molar-refractivity contribution in [3.8, 4) is 0 Å². The topological polar surface area (TPSA) is 77.5 Å². The Labute approximate surface area is 144 Å². The molecule has 2 amide bonds. The minimum atomic E-state index is -0.266. The maximum Gasteiger partial charge on any atom is 0.409 e. The summed E-state index contributed by atoms with van der Waals surface area (Å²) in [7, 11) is 3.44. The van der Waals surface area contributed by atoms with Gasteiger partial charge in [0.05, 0.1) is 6.61 Å². The van der Waals surface area contributed by atoms with Gasteiger partial charge in [-0.2, -0.15) is 0 Å². The van der Waals surface area contributed by atoms with Gasteiger partial charge < -0.3 is 24.8 Å². The van der Waals surface area contributed by atoms with Crippen LogP contribution < -0.4 is 5.32 Å². The lowest BCUT2D eigenvalue weighted by atomic mass is 10.3. The van der Waals surface area contributed by atoms with E-state index in [1.807, 2.05) is 0 Å². The number of hydrogen-bond acceptors (Lipinski definition) is 4. The lowest BCUT2D eigenvalue weighted by molar-refractivity contribution is -0.127. The Bertz CT molecular complexity index is 431. The average Bonchev–Trinajstić information content (AvgIpc) is 2.58. The molecule has 0 radical (unpaired) electrons. The summed E-state index contributed by atoms with van der Waals surface area (Å²) < 4.78 is 5.03. The van der Waals surface area contributed by atoms with Gasteiger partial charge in [0.2, 0.25) is 5.91 Å². The summed E-state index contributed by atoms with van der Waals surface area (Å²) in [5.74, 6) is 0.706. The van der Waals surface area contributed by atoms with E-state index in [0.29, 0.717) is 32.8 Å². The quantitative estimate of drug-likeness (QED) is 0.435. The average molecular weight is 341 g/mol. The van der Waals surface area contributed by atoms with Gasteiger partial charge >= 0.3 is 6.09 Å². The molecule has 1 saturated heterocycles. The van der Waals surface area contributed by atoms with Crippen molar-refractivity contribution < 1.29 is 14.3 Å². The third-order valence-corrected chi connectivity index (χ3v) is 3.78. The predicted octanol–water partition coefficient (Wildman–Crippen LogP) is 0.594. The number of nitrogens with one attached hydrogen (secondary N) is 1. The first kappa shape index (κ1) is 20.1. The van der Waals surface area contributed by atoms with E-state index in [9.17, 15) is 9.59 Å². The largest absolute Gasteiger partial charge is 0.450 e. The van der Waals surface area contributed by atoms with Crippen LogP contribution in [0.15, 0.2) is 4.99 Å². The van der Waals surface area contributed by atoms with Crippen LogP contribution in [0.2, 0.25) is 0 Å². The van der Waals surface area contributed by atoms with Gasteiger partial charge in [0.1, 0.15) is 6.54 Å². The van der Waals surface area contributed by atoms with Crippen molar-refractivity contribution in [3.63, 3.8) is 0 Å². The van der Waals surface area contributed by atoms with Crippen LogP contribution in [-0.4, -0.2) is 92.6 Å². The van der Waals surface area contributed by atoms with Crippen LogP contribution in [0.4, 0.5) is 4.79 Å². The number of rotatable bonds is 6. The minimum Gasteiger partial charge on any atom is -0.450 e. The molecule has 0 aliphatic carbocycles. The number of unbranched alkanes of at least 4 members (excludes halogenated alkanes) is 1. The number of ether oxygens (including phenoxy) is 1. The molecule has 24 heavy (non-hydrogen) atoms. The fourth-order valence-electron chi connectivity index (χ4n) is 2.24. The third-order valence-electron chi connectivity index (χ3n) is 3.78. The van der Waals surface area contributed by atoms with Gasteiger partial charge in [-0.15, -0.1) is 0 Å². The van der Waals surface area contributed by atoms with E-state index in [1.165, 1.54) is 4.90 Å². The van der Waals surface area contributed by atoms with Gasteiger partial charge in [0.25, 0.3) is 0 Å². The van der Waals surface area contributed by atoms with E-state index in [-0.39, 0.29) is 18.5 Å². The first-order valence-electron chi connectivity index (χ1n) is 8.64. The zero-order valence-corrected chi connectivity index (χ0v) is 15.4. The van der Waals surface area contributed by atoms with E-state index in [0.717, 1.165) is 25.3 Å². The normalized spacial score (nSPS) is 15.2. The number of amides is 2. The number of guanidine groups is 1. The van der Waals surface area contributed by atoms with E-state index >= 15 is 0 Å². The number of carbonyl (C=O) groups is 2. The molecule has 1 heterocycles. The highest BCUT2D eigenvalue weighted by Gasteiger charge is 2.23. The fourth-order valence-corrected chi connectivity index (χ4v) is 2.24. The Kier molecular flexibility index (Phi) is 8.96. The first-order valence-corrected chi connectivity index (χ1v) is 8.64. The second kappa shape index (κ2) is 10.7. The Morgan fingerprint density at radius 1 is 1.12 bits per heavy atom. The molecule has 8 heteroatoms. The van der Waals surface area contributed by atoms with Crippen LogP contribution in [0, 0.1) is 0 Å². The molecule has 0 aromatic rings. The zero-order chi connectivity index (χ0) is 17.9. The van der Waals surface area contributed by atoms with Crippen LogP contribution >= 0.6 is 0 Å². The lowest BCUT2D eigenvalue weighted by Gasteiger charge is -2.36. The van der Waals surface area contributed by atoms with Crippen molar-refractivity contribution in [2.45, 2.75) is 26.7 Å². The second-order valence-corrected chi connectivity index (χ2v) is 5.88. The summed E-state index contributed by atoms with van der Waals surface area (Å²) in [6, 6.07) is 0. The van der Waals surface area contributed by atoms with Gasteiger partial charge in [0.15, 0.2) is 5.96 Å². The molecule has 1 aliphatic rings. The predicted molar refractivity (Wildman–Crippen MR) is 94.1 cm³/mol. The maximum atomic E-state index is 11.8. The van der Waals surface area contributed by atoms with Crippen LogP contribution in [0.25, 0.3) is 0 Å². The van der Waals surface area contributed by atoms with Crippen molar-refractivity contribution in [2.24, 2.45) is 4.99 Å². The van der Waals surface area contributed by atoms with Crippen molar-refractivity contribution in [2.75, 3.05) is 60.0 Å². The van der Waals surface area contributed by atoms with Crippen molar-refractivity contribution in [1.29, 1.82) is 0 Å². The van der Waals surface area contributed by atoms with E-state index < -0.39 is 0 Å². The molecule has 8 nitrogen and oxygen atoms in total. The number of likely N-dealkylation sites (N-methyl/N-ethyl adjacent to an activating group) is 1. The highest BCUT2D eigenvalue weighted by atomic mass is 16.6. The number of hydrogen-bond donors (Lipinski definition) is 1. The highest BCUT2D eigenvalue weighted by Crippen LogP contribution is 2.05. The smallest absolute Gasteiger partial charge is 0.409 e. The summed E-state index contributed by atoms with van der Waals surface area (Å²) in [4.78, 5) is 33.3. The summed E-state index contributed by atoms with van der Waals surface area (Å²) >= 11 is 0. The summed E-state index contributed by atoms with van der Waals surface area (Å²) in [5, 5.41) is 3.32. The molecule has 0 aromatic carbocycles. The summed E-state index contributed by atoms with van der Waals surface area (Å²) in [6.45, 7) is 7.80. The van der Waals surface area contributed by atoms with Gasteiger partial charge in [0, 0.05) is 46.8 Å². The van der Waals surface area contributed by atoms with Crippen LogP contribution in [0.1, 0.15) is 26.7 Å². The minimum absolute atomic E-state index is 0.0325. The maximum absolute atomic E-state index is 11.8. The lowest BCUT2D eigenvalue weighted by Crippen LogP contribution is -2.54. The molecule has 1 fully saturated rings. The molecule has 0 atom stereocenters.